The first-order valence-corrected chi connectivity index (χ1v) is 8.43. The third kappa shape index (κ3) is 2.93. The molecule has 114 valence electrons. The van der Waals surface area contributed by atoms with Crippen LogP contribution in [0, 0.1) is 0 Å². The predicted molar refractivity (Wildman–Crippen MR) is 86.1 cm³/mol. The van der Waals surface area contributed by atoms with Crippen LogP contribution in [-0.2, 0) is 15.1 Å². The molecule has 0 spiro atoms. The van der Waals surface area contributed by atoms with Gasteiger partial charge in [-0.3, -0.25) is 9.59 Å². The average molecular weight is 306 g/mol. The SMILES string of the molecule is CCSCCN1C(=O)C(C)NC(=O)C1(C)c1ccccc1. The van der Waals surface area contributed by atoms with E-state index in [0.29, 0.717) is 6.54 Å². The molecule has 2 unspecified atom stereocenters. The number of piperazine rings is 1. The number of nitrogens with one attached hydrogen (secondary N) is 1. The summed E-state index contributed by atoms with van der Waals surface area (Å²) in [6.07, 6.45) is 0. The highest BCUT2D eigenvalue weighted by Gasteiger charge is 2.48. The van der Waals surface area contributed by atoms with E-state index >= 15 is 0 Å². The van der Waals surface area contributed by atoms with Gasteiger partial charge in [0.1, 0.15) is 11.6 Å². The molecule has 1 aliphatic rings. The molecule has 1 saturated heterocycles. The Morgan fingerprint density at radius 1 is 1.29 bits per heavy atom. The number of amides is 2. The zero-order chi connectivity index (χ0) is 15.5. The molecule has 0 aromatic heterocycles. The van der Waals surface area contributed by atoms with Gasteiger partial charge in [-0.1, -0.05) is 37.3 Å². The van der Waals surface area contributed by atoms with E-state index in [4.69, 9.17) is 0 Å². The van der Waals surface area contributed by atoms with Crippen molar-refractivity contribution in [2.45, 2.75) is 32.4 Å². The van der Waals surface area contributed by atoms with Crippen molar-refractivity contribution in [3.63, 3.8) is 0 Å². The van der Waals surface area contributed by atoms with Crippen LogP contribution in [0.2, 0.25) is 0 Å². The highest BCUT2D eigenvalue weighted by Crippen LogP contribution is 2.32. The molecule has 0 saturated carbocycles. The van der Waals surface area contributed by atoms with E-state index in [1.807, 2.05) is 37.3 Å². The van der Waals surface area contributed by atoms with Crippen LogP contribution in [0.25, 0.3) is 0 Å². The van der Waals surface area contributed by atoms with Crippen LogP contribution in [0.1, 0.15) is 26.3 Å². The van der Waals surface area contributed by atoms with E-state index in [0.717, 1.165) is 17.1 Å². The Hall–Kier alpha value is -1.49. The molecular formula is C16H22N2O2S. The fourth-order valence-electron chi connectivity index (χ4n) is 2.66. The molecule has 2 amide bonds. The number of carbonyl (C=O) groups excluding carboxylic acids is 2. The summed E-state index contributed by atoms with van der Waals surface area (Å²) >= 11 is 1.78. The molecule has 2 atom stereocenters. The van der Waals surface area contributed by atoms with E-state index in [1.165, 1.54) is 0 Å². The average Bonchev–Trinajstić information content (AvgIpc) is 2.50. The number of hydrogen-bond donors (Lipinski definition) is 1. The van der Waals surface area contributed by atoms with Crippen LogP contribution < -0.4 is 5.32 Å². The van der Waals surface area contributed by atoms with Crippen LogP contribution in [0.4, 0.5) is 0 Å². The zero-order valence-electron chi connectivity index (χ0n) is 12.8. The number of thioether (sulfide) groups is 1. The van der Waals surface area contributed by atoms with Gasteiger partial charge in [-0.25, -0.2) is 0 Å². The lowest BCUT2D eigenvalue weighted by Crippen LogP contribution is -2.67. The Morgan fingerprint density at radius 2 is 1.95 bits per heavy atom. The van der Waals surface area contributed by atoms with Crippen molar-refractivity contribution in [3.8, 4) is 0 Å². The van der Waals surface area contributed by atoms with Crippen LogP contribution in [-0.4, -0.2) is 40.8 Å². The van der Waals surface area contributed by atoms with Crippen molar-refractivity contribution in [2.75, 3.05) is 18.1 Å². The summed E-state index contributed by atoms with van der Waals surface area (Å²) in [6.45, 7) is 6.25. The summed E-state index contributed by atoms with van der Waals surface area (Å²) in [6, 6.07) is 9.06. The molecule has 21 heavy (non-hydrogen) atoms. The largest absolute Gasteiger partial charge is 0.342 e. The van der Waals surface area contributed by atoms with Gasteiger partial charge < -0.3 is 10.2 Å². The predicted octanol–water partition coefficient (Wildman–Crippen LogP) is 2.00. The number of nitrogens with zero attached hydrogens (tertiary/aromatic N) is 1. The second-order valence-electron chi connectivity index (χ2n) is 5.32. The molecule has 1 heterocycles. The maximum atomic E-state index is 12.6. The lowest BCUT2D eigenvalue weighted by atomic mass is 9.86. The molecule has 1 N–H and O–H groups in total. The van der Waals surface area contributed by atoms with Gasteiger partial charge in [-0.05, 0) is 25.2 Å². The maximum Gasteiger partial charge on any atom is 0.250 e. The van der Waals surface area contributed by atoms with Crippen molar-refractivity contribution in [3.05, 3.63) is 35.9 Å². The third-order valence-corrected chi connectivity index (χ3v) is 4.84. The van der Waals surface area contributed by atoms with E-state index < -0.39 is 11.6 Å². The third-order valence-electron chi connectivity index (χ3n) is 3.97. The molecule has 1 fully saturated rings. The number of carbonyl (C=O) groups is 2. The van der Waals surface area contributed by atoms with Gasteiger partial charge in [0.05, 0.1) is 0 Å². The van der Waals surface area contributed by atoms with Gasteiger partial charge in [-0.2, -0.15) is 11.8 Å². The second kappa shape index (κ2) is 6.52. The van der Waals surface area contributed by atoms with Gasteiger partial charge in [0.2, 0.25) is 5.91 Å². The van der Waals surface area contributed by atoms with Crippen molar-refractivity contribution in [2.24, 2.45) is 0 Å². The van der Waals surface area contributed by atoms with Crippen molar-refractivity contribution >= 4 is 23.6 Å². The minimum Gasteiger partial charge on any atom is -0.342 e. The highest BCUT2D eigenvalue weighted by atomic mass is 32.2. The zero-order valence-corrected chi connectivity index (χ0v) is 13.6. The molecule has 0 radical (unpaired) electrons. The van der Waals surface area contributed by atoms with E-state index in [2.05, 4.69) is 12.2 Å². The standard InChI is InChI=1S/C16H22N2O2S/c1-4-21-11-10-18-14(19)12(2)17-15(20)16(18,3)13-8-6-5-7-9-13/h5-9,12H,4,10-11H2,1-3H3,(H,17,20). The molecule has 1 aliphatic heterocycles. The van der Waals surface area contributed by atoms with Crippen LogP contribution >= 0.6 is 11.8 Å². The fraction of sp³-hybridized carbons (Fsp3) is 0.500. The number of hydrogen-bond acceptors (Lipinski definition) is 3. The number of benzene rings is 1. The molecule has 2 rings (SSSR count). The van der Waals surface area contributed by atoms with E-state index in [9.17, 15) is 9.59 Å². The van der Waals surface area contributed by atoms with Crippen LogP contribution in [0.15, 0.2) is 30.3 Å². The summed E-state index contributed by atoms with van der Waals surface area (Å²) in [5.41, 5.74) is -0.0802. The smallest absolute Gasteiger partial charge is 0.250 e. The van der Waals surface area contributed by atoms with Gasteiger partial charge in [0, 0.05) is 12.3 Å². The first-order valence-electron chi connectivity index (χ1n) is 7.27. The van der Waals surface area contributed by atoms with Gasteiger partial charge in [0.15, 0.2) is 0 Å². The minimum atomic E-state index is -0.931. The van der Waals surface area contributed by atoms with Crippen molar-refractivity contribution in [1.29, 1.82) is 0 Å². The van der Waals surface area contributed by atoms with Crippen molar-refractivity contribution < 1.29 is 9.59 Å². The summed E-state index contributed by atoms with van der Waals surface area (Å²) in [5.74, 6) is 1.72. The summed E-state index contributed by atoms with van der Waals surface area (Å²) in [4.78, 5) is 26.9. The number of rotatable bonds is 5. The van der Waals surface area contributed by atoms with Crippen LogP contribution in [0.5, 0.6) is 0 Å². The summed E-state index contributed by atoms with van der Waals surface area (Å²) in [5, 5.41) is 2.80. The van der Waals surface area contributed by atoms with Crippen LogP contribution in [0.3, 0.4) is 0 Å². The lowest BCUT2D eigenvalue weighted by molar-refractivity contribution is -0.156. The Morgan fingerprint density at radius 3 is 2.57 bits per heavy atom. The minimum absolute atomic E-state index is 0.0161. The monoisotopic (exact) mass is 306 g/mol. The van der Waals surface area contributed by atoms with Gasteiger partial charge >= 0.3 is 0 Å². The molecule has 1 aromatic carbocycles. The van der Waals surface area contributed by atoms with Crippen molar-refractivity contribution in [1.82, 2.24) is 10.2 Å². The fourth-order valence-corrected chi connectivity index (χ4v) is 3.26. The maximum absolute atomic E-state index is 12.6. The molecule has 4 nitrogen and oxygen atoms in total. The highest BCUT2D eigenvalue weighted by molar-refractivity contribution is 7.99. The normalized spacial score (nSPS) is 25.9. The van der Waals surface area contributed by atoms with E-state index in [1.54, 1.807) is 23.6 Å². The lowest BCUT2D eigenvalue weighted by Gasteiger charge is -2.46. The molecule has 0 bridgehead atoms. The Kier molecular flexibility index (Phi) is 4.93. The first-order chi connectivity index (χ1) is 10.0. The topological polar surface area (TPSA) is 49.4 Å². The Balaban J connectivity index is 2.37. The quantitative estimate of drug-likeness (QED) is 0.847. The van der Waals surface area contributed by atoms with Gasteiger partial charge in [0.25, 0.3) is 5.91 Å². The Labute approximate surface area is 130 Å². The molecule has 5 heteroatoms. The molecule has 1 aromatic rings. The Bertz CT molecular complexity index is 520. The second-order valence-corrected chi connectivity index (χ2v) is 6.71. The summed E-state index contributed by atoms with van der Waals surface area (Å²) < 4.78 is 0. The molecular weight excluding hydrogens is 284 g/mol. The van der Waals surface area contributed by atoms with Gasteiger partial charge in [-0.15, -0.1) is 0 Å². The first kappa shape index (κ1) is 15.9. The summed E-state index contributed by atoms with van der Waals surface area (Å²) in [7, 11) is 0. The van der Waals surface area contributed by atoms with E-state index in [-0.39, 0.29) is 11.8 Å². The molecule has 0 aliphatic carbocycles.